The molecular weight excluding hydrogens is 2070 g/mol. The summed E-state index contributed by atoms with van der Waals surface area (Å²) in [5.41, 5.74) is 56.9. The molecule has 1 fully saturated rings. The summed E-state index contributed by atoms with van der Waals surface area (Å²) in [6.07, 6.45) is 10.2. The predicted octanol–water partition coefficient (Wildman–Crippen LogP) is 13.1. The first-order chi connectivity index (χ1) is 61.9. The van der Waals surface area contributed by atoms with Crippen molar-refractivity contribution < 1.29 is 140 Å². The Morgan fingerprint density at radius 1 is 0.504 bits per heavy atom. The molecule has 0 bridgehead atoms. The van der Waals surface area contributed by atoms with Crippen LogP contribution >= 0.6 is 63.7 Å². The van der Waals surface area contributed by atoms with Crippen molar-refractivity contribution in [2.45, 2.75) is 92.4 Å². The van der Waals surface area contributed by atoms with E-state index in [0.717, 1.165) is 98.9 Å². The molecule has 11 rings (SSSR count). The van der Waals surface area contributed by atoms with Crippen molar-refractivity contribution in [2.75, 3.05) is 185 Å². The van der Waals surface area contributed by atoms with Gasteiger partial charge in [-0.1, -0.05) is 79.1 Å². The largest absolute Gasteiger partial charge is 1.00 e. The minimum absolute atomic E-state index is 0. The van der Waals surface area contributed by atoms with Crippen molar-refractivity contribution in [3.63, 3.8) is 0 Å². The molecule has 7 N–H and O–H groups in total. The minimum Gasteiger partial charge on any atom is -1.00 e. The van der Waals surface area contributed by atoms with Crippen LogP contribution < -0.4 is 97.8 Å². The Balaban J connectivity index is 0.00000149. The number of alkyl halides is 5. The summed E-state index contributed by atoms with van der Waals surface area (Å²) in [7, 11) is -1.00. The molecule has 0 atom stereocenters. The van der Waals surface area contributed by atoms with Crippen LogP contribution in [0.2, 0.25) is 0 Å². The molecular formula is C81H116Br4FIN24NaO17+. The number of H-pyrrole nitrogens is 2. The molecule has 0 amide bonds. The third-order valence-corrected chi connectivity index (χ3v) is 17.6. The molecule has 4 aromatic heterocycles. The Morgan fingerprint density at radius 3 is 1.11 bits per heavy atom. The van der Waals surface area contributed by atoms with Crippen molar-refractivity contribution in [1.82, 2.24) is 29.1 Å². The number of nitrogens with two attached hydrogens (primary N) is 2. The van der Waals surface area contributed by atoms with Crippen molar-refractivity contribution in [2.24, 2.45) is 15.3 Å². The molecule has 48 heteroatoms. The number of hydrogen-bond acceptors (Lipinski definition) is 24. The number of nitrogens with one attached hydrogen (secondary N) is 2. The molecule has 0 radical (unpaired) electrons. The van der Waals surface area contributed by atoms with E-state index in [1.54, 1.807) is 18.7 Å². The number of aromatic amines is 2. The van der Waals surface area contributed by atoms with Crippen molar-refractivity contribution in [3.05, 3.63) is 202 Å². The fourth-order valence-electron chi connectivity index (χ4n) is 10.6. The summed E-state index contributed by atoms with van der Waals surface area (Å²) in [5, 5.41) is 43.3. The number of nitrogens with zero attached hydrogens (tertiary/aromatic N) is 20. The van der Waals surface area contributed by atoms with E-state index in [9.17, 15) is 24.6 Å². The maximum absolute atomic E-state index is 10.6. The second kappa shape index (κ2) is 75.6. The first-order valence-electron chi connectivity index (χ1n) is 40.6. The van der Waals surface area contributed by atoms with Gasteiger partial charge in [-0.15, -0.1) is 0 Å². The number of rotatable bonds is 43. The molecule has 1 aliphatic heterocycles. The minimum atomic E-state index is -1.00. The van der Waals surface area contributed by atoms with Crippen LogP contribution in [0.15, 0.2) is 150 Å². The van der Waals surface area contributed by atoms with Crippen LogP contribution in [0.1, 0.15) is 93.8 Å². The number of aromatic nitrogens is 8. The van der Waals surface area contributed by atoms with Gasteiger partial charge in [0.25, 0.3) is 11.4 Å². The van der Waals surface area contributed by atoms with Crippen LogP contribution in [0.25, 0.3) is 91.4 Å². The van der Waals surface area contributed by atoms with Crippen LogP contribution in [0.5, 0.6) is 34.5 Å². The van der Waals surface area contributed by atoms with Crippen molar-refractivity contribution >= 4 is 131 Å². The zero-order chi connectivity index (χ0) is 94.5. The summed E-state index contributed by atoms with van der Waals surface area (Å²) in [4.78, 5) is 43.4. The van der Waals surface area contributed by atoms with Gasteiger partial charge in [0.15, 0.2) is 22.1 Å². The van der Waals surface area contributed by atoms with Crippen LogP contribution in [-0.2, 0) is 33.2 Å². The maximum atomic E-state index is 10.6. The molecule has 1 saturated heterocycles. The Morgan fingerprint density at radius 2 is 0.806 bits per heavy atom. The van der Waals surface area contributed by atoms with Gasteiger partial charge in [-0.3, -0.25) is 29.5 Å². The zero-order valence-corrected chi connectivity index (χ0v) is 84.4. The fraction of sp³-hybridized carbons (Fsp3) is 0.506. The van der Waals surface area contributed by atoms with Gasteiger partial charge in [-0.25, -0.2) is 28.2 Å². The molecule has 1 aliphatic rings. The number of phenols is 1. The Labute approximate surface area is 822 Å². The topological polar surface area (TPSA) is 549 Å². The summed E-state index contributed by atoms with van der Waals surface area (Å²) in [6, 6.07) is 33.3. The Kier molecular flexibility index (Phi) is 69.1. The van der Waals surface area contributed by atoms with E-state index in [0.29, 0.717) is 149 Å². The predicted molar refractivity (Wildman–Crippen MR) is 501 cm³/mol. The van der Waals surface area contributed by atoms with E-state index in [-0.39, 0.29) is 82.0 Å². The van der Waals surface area contributed by atoms with Gasteiger partial charge >= 0.3 is 29.6 Å². The first-order valence-corrected chi connectivity index (χ1v) is 44.4. The number of hydrogen-bond donors (Lipinski definition) is 5. The number of phenolic OH excluding ortho intramolecular Hbond substituents is 1. The zero-order valence-electron chi connectivity index (χ0n) is 74.9. The third kappa shape index (κ3) is 50.8. The Hall–Kier alpha value is -9.06. The molecule has 41 nitrogen and oxygen atoms in total. The van der Waals surface area contributed by atoms with E-state index in [1.165, 1.54) is 64.1 Å². The van der Waals surface area contributed by atoms with Crippen molar-refractivity contribution in [1.29, 1.82) is 0 Å². The molecule has 10 aromatic rings. The number of fused-ring (bicyclic) bond motifs is 4. The Bertz CT molecular complexity index is 4800. The van der Waals surface area contributed by atoms with E-state index >= 15 is 0 Å². The molecule has 0 unspecified atom stereocenters. The van der Waals surface area contributed by atoms with Gasteiger partial charge in [0.1, 0.15) is 78.9 Å². The average molecular weight is 2190 g/mol. The maximum Gasteiger partial charge on any atom is 1.00 e. The monoisotopic (exact) mass is 2180 g/mol. The summed E-state index contributed by atoms with van der Waals surface area (Å²) in [6.45, 7) is 29.4. The van der Waals surface area contributed by atoms with E-state index in [1.807, 2.05) is 48.5 Å². The fourth-order valence-corrected chi connectivity index (χ4v) is 11.5. The van der Waals surface area contributed by atoms with Crippen LogP contribution in [0, 0.1) is 20.2 Å². The van der Waals surface area contributed by atoms with Gasteiger partial charge in [0, 0.05) is 93.2 Å². The number of nitro benzene ring substituents is 2. The van der Waals surface area contributed by atoms with E-state index < -0.39 is 17.0 Å². The number of azide groups is 3. The molecule has 704 valence electrons. The van der Waals surface area contributed by atoms with Gasteiger partial charge < -0.3 is 118 Å². The van der Waals surface area contributed by atoms with E-state index in [2.05, 4.69) is 224 Å². The summed E-state index contributed by atoms with van der Waals surface area (Å²) in [5.74, 6) is 3.51. The number of halogens is 6. The van der Waals surface area contributed by atoms with Crippen LogP contribution in [0.3, 0.4) is 0 Å². The number of anilines is 2. The molecule has 0 aliphatic carbocycles. The molecule has 0 spiro atoms. The number of nitrogen functional groups attached to an aromatic ring is 2. The quantitative estimate of drug-likeness (QED) is 0.00193. The SMILES string of the molecule is BrCCOCCBr.BrCCOCCOc1ccc2nc[nH]c2c1.C1CCOC1.CC(C)n1c[n+](C(C)C)c2ccc(OCCOCCN=[N+]=[N-])cc21.CC(C)n1c[n+](C(C)C)c2ccc(OCCOCCN=[N+]=[N-])cc21.Nc1ccc(O)cc1[N+](=O)[O-].Nc1ccc(OCCOCCBr)cc1[N+](=O)[O-].[2H]CF.[I-].[N-]=[N+]=NCCOCCOc1ccc2nc[nH]c2c1.[N-]=[N+]=[N-].[Na+]. The number of benzene rings is 6. The molecule has 5 heterocycles. The number of ether oxygens (including phenoxy) is 12. The molecule has 6 aromatic carbocycles. The van der Waals surface area contributed by atoms with Crippen LogP contribution in [0.4, 0.5) is 27.1 Å². The number of aromatic hydroxyl groups is 1. The molecule has 129 heavy (non-hydrogen) atoms. The van der Waals surface area contributed by atoms with Gasteiger partial charge in [-0.05, 0) is 158 Å². The number of imidazole rings is 4. The standard InChI is InChI=1S/2C17H26N5O2.C11H13BrN2O2.C11H13N5O2.C10H13BrN2O4.C6H6N2O3.C4H8Br2O.C4H8O.CH3F.HI.N3.Na/c2*1-13(2)21-12-22(14(3)4)17-11-15(5-6-16(17)21)24-10-9-23-8-7-19-20-18;12-3-4-15-5-6-16-9-1-2-10-11(7-9)14-8-13-10;12-16-15-3-4-17-5-6-18-9-1-2-10-11(7-9)14-8-13-10;11-3-4-16-5-6-17-8-1-2-9(12)10(7-8)13(14)15;7-5-2-1-4(9)3-6(5)8(10)11;5-1-3-7-4-2-6;1-2-4-5-3-1;1-2;;1-3-2;/h2*5-6,11-14H,7-10H2,1-4H3;1-2,7-8H,3-6H2,(H,13,14);1-2,7-8H,3-6H2,(H,13,14);1-2,7H,3-6,12H2;1-3,9H,7H2;1-4H2;1-4H2;1H3;1H;;/q2*+1;;;;;;;;;-1;+1/p-1/i;;;;;;;;1D;;;. The summed E-state index contributed by atoms with van der Waals surface area (Å²) >= 11 is 13.0. The van der Waals surface area contributed by atoms with E-state index in [4.69, 9.17) is 102 Å². The summed E-state index contributed by atoms with van der Waals surface area (Å²) < 4.78 is 88.8. The number of nitro groups is 2. The smallest absolute Gasteiger partial charge is 1.00 e. The van der Waals surface area contributed by atoms with Gasteiger partial charge in [0.05, 0.1) is 169 Å². The third-order valence-electron chi connectivity index (χ3n) is 16.3. The van der Waals surface area contributed by atoms with Crippen molar-refractivity contribution in [3.8, 4) is 34.5 Å². The first kappa shape index (κ1) is 118. The molecule has 0 saturated carbocycles. The van der Waals surface area contributed by atoms with Gasteiger partial charge in [0.2, 0.25) is 12.7 Å². The second-order valence-corrected chi connectivity index (χ2v) is 29.8. The van der Waals surface area contributed by atoms with Gasteiger partial charge in [-0.2, -0.15) is 0 Å². The van der Waals surface area contributed by atoms with Crippen LogP contribution in [-0.4, -0.2) is 218 Å². The normalized spacial score (nSPS) is 10.8. The second-order valence-electron chi connectivity index (χ2n) is 26.6. The average Bonchev–Trinajstić information content (AvgIpc) is 1.64.